The van der Waals surface area contributed by atoms with Crippen LogP contribution in [0, 0.1) is 0 Å². The standard InChI is InChI=1S/C15H24NO2PS2/c1-11(2)18-15(17)13(5)16-19(20,12(3)4)21-14-9-7-6-8-10-14/h6-13H,1-5H3,(H,16,20)/t13-,19?/m0/s1. The van der Waals surface area contributed by atoms with Crippen molar-refractivity contribution in [2.45, 2.75) is 57.3 Å². The molecular weight excluding hydrogens is 321 g/mol. The fourth-order valence-electron chi connectivity index (χ4n) is 1.58. The van der Waals surface area contributed by atoms with Gasteiger partial charge in [0, 0.05) is 10.6 Å². The second-order valence-corrected chi connectivity index (χ2v) is 13.3. The van der Waals surface area contributed by atoms with E-state index in [0.29, 0.717) is 0 Å². The Bertz CT molecular complexity index is 506. The van der Waals surface area contributed by atoms with Gasteiger partial charge in [-0.25, -0.2) is 0 Å². The molecule has 6 heteroatoms. The molecule has 0 amide bonds. The van der Waals surface area contributed by atoms with Gasteiger partial charge in [0.15, 0.2) is 0 Å². The summed E-state index contributed by atoms with van der Waals surface area (Å²) in [6.07, 6.45) is -0.111. The van der Waals surface area contributed by atoms with E-state index >= 15 is 0 Å². The van der Waals surface area contributed by atoms with Gasteiger partial charge in [0.25, 0.3) is 0 Å². The van der Waals surface area contributed by atoms with Crippen LogP contribution in [0.15, 0.2) is 35.2 Å². The lowest BCUT2D eigenvalue weighted by atomic mass is 10.4. The zero-order chi connectivity index (χ0) is 16.0. The van der Waals surface area contributed by atoms with Crippen LogP contribution in [-0.2, 0) is 21.3 Å². The Labute approximate surface area is 137 Å². The molecule has 0 aliphatic rings. The van der Waals surface area contributed by atoms with Crippen LogP contribution in [0.1, 0.15) is 34.6 Å². The topological polar surface area (TPSA) is 38.3 Å². The second kappa shape index (κ2) is 8.33. The smallest absolute Gasteiger partial charge is 0.323 e. The third kappa shape index (κ3) is 6.11. The van der Waals surface area contributed by atoms with E-state index in [-0.39, 0.29) is 17.7 Å². The highest BCUT2D eigenvalue weighted by molar-refractivity contribution is 8.70. The van der Waals surface area contributed by atoms with Gasteiger partial charge in [-0.3, -0.25) is 9.88 Å². The van der Waals surface area contributed by atoms with E-state index in [4.69, 9.17) is 16.5 Å². The van der Waals surface area contributed by atoms with Crippen LogP contribution in [0.3, 0.4) is 0 Å². The van der Waals surface area contributed by atoms with Crippen molar-refractivity contribution in [3.63, 3.8) is 0 Å². The molecule has 0 aromatic heterocycles. The Morgan fingerprint density at radius 3 is 2.24 bits per heavy atom. The number of hydrogen-bond donors (Lipinski definition) is 1. The Kier molecular flexibility index (Phi) is 7.41. The van der Waals surface area contributed by atoms with Crippen molar-refractivity contribution in [1.82, 2.24) is 5.09 Å². The number of benzene rings is 1. The van der Waals surface area contributed by atoms with Gasteiger partial charge in [-0.1, -0.05) is 55.2 Å². The highest BCUT2D eigenvalue weighted by Crippen LogP contribution is 2.62. The Hall–Kier alpha value is -0.350. The summed E-state index contributed by atoms with van der Waals surface area (Å²) in [5, 5.41) is 1.39. The molecule has 1 aromatic rings. The third-order valence-electron chi connectivity index (χ3n) is 2.74. The van der Waals surface area contributed by atoms with Crippen LogP contribution in [0.25, 0.3) is 0 Å². The van der Waals surface area contributed by atoms with Gasteiger partial charge in [-0.05, 0) is 32.9 Å². The van der Waals surface area contributed by atoms with E-state index < -0.39 is 11.4 Å². The van der Waals surface area contributed by atoms with Gasteiger partial charge in [0.1, 0.15) is 6.04 Å². The van der Waals surface area contributed by atoms with Crippen molar-refractivity contribution in [2.75, 3.05) is 0 Å². The lowest BCUT2D eigenvalue weighted by Gasteiger charge is -2.29. The summed E-state index contributed by atoms with van der Waals surface area (Å²) in [7, 11) is 0. The minimum absolute atomic E-state index is 0.111. The number of nitrogens with one attached hydrogen (secondary N) is 1. The maximum atomic E-state index is 12.0. The number of carbonyl (C=O) groups is 1. The highest BCUT2D eigenvalue weighted by atomic mass is 32.9. The van der Waals surface area contributed by atoms with Crippen LogP contribution in [0.4, 0.5) is 0 Å². The van der Waals surface area contributed by atoms with E-state index in [0.717, 1.165) is 4.90 Å². The van der Waals surface area contributed by atoms with Crippen molar-refractivity contribution < 1.29 is 9.53 Å². The van der Waals surface area contributed by atoms with Crippen molar-refractivity contribution in [3.8, 4) is 0 Å². The molecule has 1 rings (SSSR count). The minimum Gasteiger partial charge on any atom is -0.462 e. The van der Waals surface area contributed by atoms with Crippen LogP contribution in [-0.4, -0.2) is 23.8 Å². The van der Waals surface area contributed by atoms with E-state index in [9.17, 15) is 4.79 Å². The molecule has 0 heterocycles. The predicted molar refractivity (Wildman–Crippen MR) is 95.5 cm³/mol. The maximum Gasteiger partial charge on any atom is 0.323 e. The number of hydrogen-bond acceptors (Lipinski definition) is 4. The average molecular weight is 345 g/mol. The lowest BCUT2D eigenvalue weighted by molar-refractivity contribution is -0.148. The van der Waals surface area contributed by atoms with E-state index in [2.05, 4.69) is 18.9 Å². The van der Waals surface area contributed by atoms with Gasteiger partial charge in [0.05, 0.1) is 11.5 Å². The number of rotatable bonds is 7. The van der Waals surface area contributed by atoms with Gasteiger partial charge >= 0.3 is 5.97 Å². The molecule has 118 valence electrons. The maximum absolute atomic E-state index is 12.0. The first-order valence-corrected chi connectivity index (χ1v) is 11.4. The van der Waals surface area contributed by atoms with Gasteiger partial charge in [0.2, 0.25) is 0 Å². The van der Waals surface area contributed by atoms with Crippen LogP contribution >= 0.6 is 16.8 Å². The normalized spacial score (nSPS) is 15.8. The summed E-state index contributed by atoms with van der Waals surface area (Å²) < 4.78 is 5.25. The first-order chi connectivity index (χ1) is 9.74. The van der Waals surface area contributed by atoms with Crippen LogP contribution in [0.2, 0.25) is 0 Å². The van der Waals surface area contributed by atoms with Crippen molar-refractivity contribution >= 4 is 34.5 Å². The summed E-state index contributed by atoms with van der Waals surface area (Å²) in [4.78, 5) is 13.1. The van der Waals surface area contributed by atoms with E-state index in [1.54, 1.807) is 11.4 Å². The highest BCUT2D eigenvalue weighted by Gasteiger charge is 2.28. The lowest BCUT2D eigenvalue weighted by Crippen LogP contribution is -2.35. The van der Waals surface area contributed by atoms with Gasteiger partial charge in [-0.2, -0.15) is 0 Å². The van der Waals surface area contributed by atoms with Gasteiger partial charge in [-0.15, -0.1) is 0 Å². The fourth-order valence-corrected chi connectivity index (χ4v) is 7.19. The second-order valence-electron chi connectivity index (χ2n) is 5.43. The SMILES string of the molecule is CC(C)OC(=O)[C@H](C)NP(=S)(Sc1ccccc1)C(C)C. The molecule has 3 nitrogen and oxygen atoms in total. The number of carbonyl (C=O) groups excluding carboxylic acids is 1. The molecule has 21 heavy (non-hydrogen) atoms. The summed E-state index contributed by atoms with van der Waals surface area (Å²) in [5.74, 6) is -0.242. The van der Waals surface area contributed by atoms with Crippen LogP contribution < -0.4 is 5.09 Å². The molecule has 1 aromatic carbocycles. The molecule has 0 spiro atoms. The molecule has 0 bridgehead atoms. The molecule has 1 unspecified atom stereocenters. The third-order valence-corrected chi connectivity index (χ3v) is 10.9. The van der Waals surface area contributed by atoms with E-state index in [1.165, 1.54) is 0 Å². The quantitative estimate of drug-likeness (QED) is 0.585. The molecular formula is C15H24NO2PS2. The zero-order valence-electron chi connectivity index (χ0n) is 13.2. The largest absolute Gasteiger partial charge is 0.462 e. The minimum atomic E-state index is -1.97. The number of esters is 1. The molecule has 1 N–H and O–H groups in total. The molecule has 0 saturated carbocycles. The molecule has 0 aliphatic heterocycles. The average Bonchev–Trinajstić information content (AvgIpc) is 2.38. The van der Waals surface area contributed by atoms with Crippen molar-refractivity contribution in [1.29, 1.82) is 0 Å². The zero-order valence-corrected chi connectivity index (χ0v) is 15.7. The summed E-state index contributed by atoms with van der Waals surface area (Å²) in [6, 6.07) is 9.69. The Morgan fingerprint density at radius 1 is 1.19 bits per heavy atom. The van der Waals surface area contributed by atoms with E-state index in [1.807, 2.05) is 51.1 Å². The number of ether oxygens (including phenoxy) is 1. The van der Waals surface area contributed by atoms with Crippen molar-refractivity contribution in [3.05, 3.63) is 30.3 Å². The summed E-state index contributed by atoms with van der Waals surface area (Å²) in [6.45, 7) is 9.72. The molecule has 0 radical (unpaired) electrons. The first kappa shape index (κ1) is 18.7. The Morgan fingerprint density at radius 2 is 1.76 bits per heavy atom. The monoisotopic (exact) mass is 345 g/mol. The predicted octanol–water partition coefficient (Wildman–Crippen LogP) is 4.43. The van der Waals surface area contributed by atoms with Gasteiger partial charge < -0.3 is 4.74 Å². The molecule has 2 atom stereocenters. The molecule has 0 fully saturated rings. The first-order valence-electron chi connectivity index (χ1n) is 7.07. The van der Waals surface area contributed by atoms with Crippen molar-refractivity contribution in [2.24, 2.45) is 0 Å². The molecule has 0 aliphatic carbocycles. The summed E-state index contributed by atoms with van der Waals surface area (Å²) in [5.41, 5.74) is 0.284. The summed E-state index contributed by atoms with van der Waals surface area (Å²) >= 11 is 7.54. The Balaban J connectivity index is 2.81. The molecule has 0 saturated heterocycles. The fraction of sp³-hybridized carbons (Fsp3) is 0.533. The van der Waals surface area contributed by atoms with Crippen LogP contribution in [0.5, 0.6) is 0 Å².